The van der Waals surface area contributed by atoms with Gasteiger partial charge < -0.3 is 37.1 Å². The quantitative estimate of drug-likeness (QED) is 0.0831. The molecule has 1 aromatic heterocycles. The number of nitrogens with one attached hydrogen (secondary N) is 3. The van der Waals surface area contributed by atoms with Gasteiger partial charge in [0, 0.05) is 48.9 Å². The Kier molecular flexibility index (Phi) is 11.7. The maximum Gasteiger partial charge on any atom is 0.326 e. The minimum absolute atomic E-state index is 0.0130. The number of carbonyl (C=O) groups excluding carboxylic acids is 3. The first-order chi connectivity index (χ1) is 20.4. The predicted molar refractivity (Wildman–Crippen MR) is 166 cm³/mol. The minimum Gasteiger partial charge on any atom is -0.480 e. The monoisotopic (exact) mass is 595 g/mol. The second-order valence-corrected chi connectivity index (χ2v) is 11.5. The van der Waals surface area contributed by atoms with Crippen molar-refractivity contribution in [1.82, 2.24) is 20.5 Å². The molecule has 12 heteroatoms. The van der Waals surface area contributed by atoms with E-state index in [1.54, 1.807) is 6.20 Å². The first kappa shape index (κ1) is 33.2. The number of aromatic amines is 1. The average molecular weight is 596 g/mol. The molecule has 8 N–H and O–H groups in total. The fourth-order valence-electron chi connectivity index (χ4n) is 5.58. The predicted octanol–water partition coefficient (Wildman–Crippen LogP) is 2.05. The number of allylic oxidation sites excluding steroid dienone is 1. The van der Waals surface area contributed by atoms with Crippen LogP contribution in [0.3, 0.4) is 0 Å². The average Bonchev–Trinajstić information content (AvgIpc) is 3.51. The number of carboxylic acid groups (broad SMARTS) is 1. The number of fused-ring (bicyclic) bond motifs is 1. The van der Waals surface area contributed by atoms with Crippen LogP contribution in [-0.2, 0) is 25.6 Å². The summed E-state index contributed by atoms with van der Waals surface area (Å²) in [4.78, 5) is 61.3. The van der Waals surface area contributed by atoms with Crippen LogP contribution >= 0.6 is 0 Å². The van der Waals surface area contributed by atoms with Crippen LogP contribution in [-0.4, -0.2) is 75.9 Å². The van der Waals surface area contributed by atoms with Gasteiger partial charge in [-0.25, -0.2) is 4.79 Å². The summed E-state index contributed by atoms with van der Waals surface area (Å²) in [5.74, 6) is -2.61. The van der Waals surface area contributed by atoms with Crippen LogP contribution in [0, 0.1) is 11.8 Å². The molecule has 0 saturated carbocycles. The third-order valence-electron chi connectivity index (χ3n) is 7.81. The number of carboxylic acids is 1. The van der Waals surface area contributed by atoms with Crippen molar-refractivity contribution in [2.24, 2.45) is 28.3 Å². The van der Waals surface area contributed by atoms with Gasteiger partial charge in [-0.2, -0.15) is 0 Å². The number of carbonyl (C=O) groups is 4. The fourth-order valence-corrected chi connectivity index (χ4v) is 5.58. The van der Waals surface area contributed by atoms with Crippen LogP contribution < -0.4 is 22.1 Å². The summed E-state index contributed by atoms with van der Waals surface area (Å²) in [7, 11) is 0. The van der Waals surface area contributed by atoms with Gasteiger partial charge in [0.25, 0.3) is 0 Å². The first-order valence-electron chi connectivity index (χ1n) is 14.8. The van der Waals surface area contributed by atoms with Gasteiger partial charge in [0.1, 0.15) is 18.1 Å². The largest absolute Gasteiger partial charge is 0.480 e. The van der Waals surface area contributed by atoms with Crippen molar-refractivity contribution in [3.05, 3.63) is 47.7 Å². The highest BCUT2D eigenvalue weighted by Crippen LogP contribution is 2.31. The van der Waals surface area contributed by atoms with Gasteiger partial charge in [0.15, 0.2) is 5.96 Å². The normalized spacial score (nSPS) is 18.9. The van der Waals surface area contributed by atoms with E-state index in [1.165, 1.54) is 4.90 Å². The Morgan fingerprint density at radius 1 is 1.14 bits per heavy atom. The molecule has 2 heterocycles. The van der Waals surface area contributed by atoms with E-state index in [4.69, 9.17) is 11.5 Å². The highest BCUT2D eigenvalue weighted by atomic mass is 16.4. The number of aliphatic imine (C=N–C) groups is 1. The van der Waals surface area contributed by atoms with Gasteiger partial charge in [-0.15, -0.1) is 0 Å². The number of rotatable bonds is 14. The zero-order chi connectivity index (χ0) is 31.7. The summed E-state index contributed by atoms with van der Waals surface area (Å²) in [6, 6.07) is 4.54. The lowest BCUT2D eigenvalue weighted by molar-refractivity contribution is -0.145. The van der Waals surface area contributed by atoms with E-state index < -0.39 is 30.0 Å². The third-order valence-corrected chi connectivity index (χ3v) is 7.81. The molecule has 1 aliphatic heterocycles. The van der Waals surface area contributed by atoms with Crippen molar-refractivity contribution < 1.29 is 24.3 Å². The Morgan fingerprint density at radius 2 is 1.86 bits per heavy atom. The number of aromatic nitrogens is 1. The van der Waals surface area contributed by atoms with Gasteiger partial charge in [-0.05, 0) is 49.3 Å². The number of aliphatic carboxylic acids is 1. The van der Waals surface area contributed by atoms with Crippen molar-refractivity contribution in [3.63, 3.8) is 0 Å². The van der Waals surface area contributed by atoms with Crippen LogP contribution in [0.1, 0.15) is 58.9 Å². The molecule has 1 unspecified atom stereocenters. The summed E-state index contributed by atoms with van der Waals surface area (Å²) in [5, 5.41) is 16.5. The van der Waals surface area contributed by atoms with Crippen LogP contribution in [0.4, 0.5) is 0 Å². The van der Waals surface area contributed by atoms with Crippen LogP contribution in [0.15, 0.2) is 47.1 Å². The Labute approximate surface area is 252 Å². The van der Waals surface area contributed by atoms with Gasteiger partial charge >= 0.3 is 5.97 Å². The number of guanidine groups is 1. The molecule has 43 heavy (non-hydrogen) atoms. The number of hydrogen-bond acceptors (Lipinski definition) is 5. The molecule has 3 amide bonds. The number of likely N-dealkylation sites (tertiary alicyclic amines) is 1. The van der Waals surface area contributed by atoms with Crippen LogP contribution in [0.25, 0.3) is 10.9 Å². The van der Waals surface area contributed by atoms with E-state index in [1.807, 2.05) is 58.0 Å². The molecule has 12 nitrogen and oxygen atoms in total. The standard InChI is InChI=1S/C31H45N7O5/c1-5-20-17-38(29(41)24(36-26(39)14-18(2)3)12-8-9-13-34-31(32)33)27(19(20)4)28(40)37-25(30(42)43)15-21-16-35-23-11-7-6-10-22(21)23/h5-7,10-11,16,18-19,24-25,27,35H,8-9,12-15,17H2,1-4H3,(H,36,39)(H,37,40)(H,42,43)(H4,32,33,34)/b20-5-/t19-,24+,25+,27?/m1/s1. The maximum atomic E-state index is 14.0. The van der Waals surface area contributed by atoms with E-state index in [0.717, 1.165) is 22.0 Å². The van der Waals surface area contributed by atoms with E-state index in [0.29, 0.717) is 25.8 Å². The first-order valence-corrected chi connectivity index (χ1v) is 14.8. The molecule has 1 fully saturated rings. The molecule has 2 aromatic rings. The Morgan fingerprint density at radius 3 is 2.51 bits per heavy atom. The zero-order valence-electron chi connectivity index (χ0n) is 25.4. The topological polar surface area (TPSA) is 196 Å². The highest BCUT2D eigenvalue weighted by Gasteiger charge is 2.44. The van der Waals surface area contributed by atoms with Gasteiger partial charge in [-0.3, -0.25) is 19.4 Å². The lowest BCUT2D eigenvalue weighted by Crippen LogP contribution is -2.56. The van der Waals surface area contributed by atoms with Crippen LogP contribution in [0.2, 0.25) is 0 Å². The molecule has 1 aromatic carbocycles. The van der Waals surface area contributed by atoms with Crippen molar-refractivity contribution in [2.75, 3.05) is 13.1 Å². The van der Waals surface area contributed by atoms with Crippen molar-refractivity contribution in [1.29, 1.82) is 0 Å². The molecule has 3 rings (SSSR count). The lowest BCUT2D eigenvalue weighted by atomic mass is 9.96. The Hall–Kier alpha value is -4.35. The Bertz CT molecular complexity index is 1360. The smallest absolute Gasteiger partial charge is 0.326 e. The second-order valence-electron chi connectivity index (χ2n) is 11.5. The molecule has 0 aliphatic carbocycles. The molecule has 1 saturated heterocycles. The van der Waals surface area contributed by atoms with Crippen molar-refractivity contribution >= 4 is 40.6 Å². The number of para-hydroxylation sites is 1. The third kappa shape index (κ3) is 8.82. The van der Waals surface area contributed by atoms with Gasteiger partial charge in [0.05, 0.1) is 0 Å². The number of H-pyrrole nitrogens is 1. The lowest BCUT2D eigenvalue weighted by Gasteiger charge is -2.30. The number of unbranched alkanes of at least 4 members (excludes halogenated alkanes) is 1. The van der Waals surface area contributed by atoms with Gasteiger partial charge in [0.2, 0.25) is 17.7 Å². The molecule has 0 spiro atoms. The minimum atomic E-state index is -1.21. The molecular formula is C31H45N7O5. The number of amides is 3. The number of hydrogen-bond donors (Lipinski definition) is 6. The summed E-state index contributed by atoms with van der Waals surface area (Å²) < 4.78 is 0. The molecule has 1 aliphatic rings. The molecular weight excluding hydrogens is 550 g/mol. The highest BCUT2D eigenvalue weighted by molar-refractivity contribution is 5.95. The molecule has 0 radical (unpaired) electrons. The number of benzene rings is 1. The summed E-state index contributed by atoms with van der Waals surface area (Å²) in [6.45, 7) is 8.13. The fraction of sp³-hybridized carbons (Fsp3) is 0.516. The summed E-state index contributed by atoms with van der Waals surface area (Å²) in [5.41, 5.74) is 13.3. The SMILES string of the molecule is C/C=C1/CN(C(=O)[C@H](CCCCN=C(N)N)NC(=O)CC(C)C)C(C(=O)N[C@@H](Cc2c[nH]c3ccccc23)C(=O)O)[C@@H]1C. The number of nitrogens with two attached hydrogens (primary N) is 2. The van der Waals surface area contributed by atoms with E-state index >= 15 is 0 Å². The number of nitrogens with zero attached hydrogens (tertiary/aromatic N) is 2. The summed E-state index contributed by atoms with van der Waals surface area (Å²) >= 11 is 0. The van der Waals surface area contributed by atoms with E-state index in [2.05, 4.69) is 20.6 Å². The van der Waals surface area contributed by atoms with Crippen LogP contribution in [0.5, 0.6) is 0 Å². The van der Waals surface area contributed by atoms with E-state index in [9.17, 15) is 24.3 Å². The molecule has 4 atom stereocenters. The van der Waals surface area contributed by atoms with Crippen molar-refractivity contribution in [2.45, 2.75) is 77.9 Å². The summed E-state index contributed by atoms with van der Waals surface area (Å²) in [6.07, 6.45) is 5.46. The molecule has 0 bridgehead atoms. The van der Waals surface area contributed by atoms with Gasteiger partial charge in [-0.1, -0.05) is 45.0 Å². The Balaban J connectivity index is 1.82. The molecule has 234 valence electrons. The maximum absolute atomic E-state index is 14.0. The second kappa shape index (κ2) is 15.2. The van der Waals surface area contributed by atoms with Crippen molar-refractivity contribution in [3.8, 4) is 0 Å². The zero-order valence-corrected chi connectivity index (χ0v) is 25.4. The van der Waals surface area contributed by atoms with E-state index in [-0.39, 0.29) is 49.0 Å².